The molecule has 1 aromatic heterocycles. The molecule has 0 saturated carbocycles. The Hall–Kier alpha value is -0.260. The predicted octanol–water partition coefficient (Wildman–Crippen LogP) is 3.06. The number of rotatable bonds is 3. The lowest BCUT2D eigenvalue weighted by Crippen LogP contribution is -2.02. The summed E-state index contributed by atoms with van der Waals surface area (Å²) in [5.41, 5.74) is 0.108. The smallest absolute Gasteiger partial charge is 0.264 e. The van der Waals surface area contributed by atoms with Crippen LogP contribution in [0.2, 0.25) is 5.15 Å². The summed E-state index contributed by atoms with van der Waals surface area (Å²) in [5.74, 6) is 0. The van der Waals surface area contributed by atoms with Crippen LogP contribution >= 0.6 is 27.5 Å². The largest absolute Gasteiger partial charge is 0.392 e. The molecular weight excluding hydrogens is 279 g/mol. The second-order valence-corrected chi connectivity index (χ2v) is 3.48. The van der Waals surface area contributed by atoms with E-state index in [2.05, 4.69) is 20.9 Å². The first-order valence-electron chi connectivity index (χ1n) is 3.73. The molecule has 0 saturated heterocycles. The van der Waals surface area contributed by atoms with Gasteiger partial charge in [0.15, 0.2) is 0 Å². The molecule has 1 rings (SSSR count). The van der Waals surface area contributed by atoms with Gasteiger partial charge < -0.3 is 5.11 Å². The molecule has 0 fully saturated rings. The highest BCUT2D eigenvalue weighted by Gasteiger charge is 2.20. The van der Waals surface area contributed by atoms with Crippen LogP contribution in [-0.4, -0.2) is 10.1 Å². The Morgan fingerprint density at radius 1 is 1.57 bits per heavy atom. The number of aromatic nitrogens is 1. The number of pyridine rings is 1. The highest BCUT2D eigenvalue weighted by Crippen LogP contribution is 2.31. The maximum absolute atomic E-state index is 12.6. The monoisotopic (exact) mass is 285 g/mol. The molecule has 0 amide bonds. The molecule has 0 bridgehead atoms. The lowest BCUT2D eigenvalue weighted by atomic mass is 10.1. The fraction of sp³-hybridized carbons (Fsp3) is 0.375. The second-order valence-electron chi connectivity index (χ2n) is 2.56. The molecule has 1 heterocycles. The fourth-order valence-electron chi connectivity index (χ4n) is 1.11. The van der Waals surface area contributed by atoms with Gasteiger partial charge in [0.1, 0.15) is 5.15 Å². The molecule has 1 aromatic rings. The number of halogens is 4. The molecule has 0 atom stereocenters. The van der Waals surface area contributed by atoms with E-state index in [1.807, 2.05) is 0 Å². The van der Waals surface area contributed by atoms with Crippen molar-refractivity contribution in [2.45, 2.75) is 18.4 Å². The molecule has 0 aliphatic carbocycles. The van der Waals surface area contributed by atoms with Gasteiger partial charge in [0.2, 0.25) is 0 Å². The van der Waals surface area contributed by atoms with Gasteiger partial charge in [0.05, 0.1) is 6.61 Å². The van der Waals surface area contributed by atoms with E-state index in [9.17, 15) is 8.78 Å². The molecule has 1 N–H and O–H groups in total. The summed E-state index contributed by atoms with van der Waals surface area (Å²) >= 11 is 8.70. The van der Waals surface area contributed by atoms with E-state index < -0.39 is 13.0 Å². The SMILES string of the molecule is OCc1cnc(Cl)c(CBr)c1C(F)F. The summed E-state index contributed by atoms with van der Waals surface area (Å²) in [6.45, 7) is -0.468. The quantitative estimate of drug-likeness (QED) is 0.684. The van der Waals surface area contributed by atoms with Gasteiger partial charge in [-0.1, -0.05) is 27.5 Å². The summed E-state index contributed by atoms with van der Waals surface area (Å²) in [4.78, 5) is 3.71. The summed E-state index contributed by atoms with van der Waals surface area (Å²) < 4.78 is 25.2. The van der Waals surface area contributed by atoms with Gasteiger partial charge in [0.25, 0.3) is 6.43 Å². The third-order valence-corrected chi connectivity index (χ3v) is 2.66. The fourth-order valence-corrected chi connectivity index (χ4v) is 2.06. The van der Waals surface area contributed by atoms with Gasteiger partial charge in [-0.15, -0.1) is 0 Å². The Morgan fingerprint density at radius 2 is 2.21 bits per heavy atom. The Morgan fingerprint density at radius 3 is 2.64 bits per heavy atom. The molecular formula is C8H7BrClF2NO. The average Bonchev–Trinajstić information content (AvgIpc) is 2.17. The predicted molar refractivity (Wildman–Crippen MR) is 52.8 cm³/mol. The summed E-state index contributed by atoms with van der Waals surface area (Å²) in [6, 6.07) is 0. The molecule has 0 aromatic carbocycles. The Kier molecular flexibility index (Phi) is 4.22. The van der Waals surface area contributed by atoms with Crippen molar-refractivity contribution in [2.24, 2.45) is 0 Å². The normalized spacial score (nSPS) is 11.0. The van der Waals surface area contributed by atoms with Gasteiger partial charge in [-0.25, -0.2) is 13.8 Å². The maximum Gasteiger partial charge on any atom is 0.264 e. The molecule has 0 aliphatic rings. The third-order valence-electron chi connectivity index (χ3n) is 1.78. The zero-order valence-electron chi connectivity index (χ0n) is 6.98. The highest BCUT2D eigenvalue weighted by atomic mass is 79.9. The van der Waals surface area contributed by atoms with Gasteiger partial charge in [0, 0.05) is 28.2 Å². The minimum Gasteiger partial charge on any atom is -0.392 e. The van der Waals surface area contributed by atoms with Crippen molar-refractivity contribution < 1.29 is 13.9 Å². The standard InChI is InChI=1S/C8H7BrClF2NO/c9-1-5-6(8(11)12)4(3-14)2-13-7(5)10/h2,8,14H,1,3H2. The Balaban J connectivity index is 3.36. The molecule has 0 aliphatic heterocycles. The first kappa shape index (κ1) is 11.8. The molecule has 78 valence electrons. The van der Waals surface area contributed by atoms with Crippen LogP contribution in [-0.2, 0) is 11.9 Å². The first-order valence-corrected chi connectivity index (χ1v) is 5.22. The van der Waals surface area contributed by atoms with Crippen LogP contribution in [0.5, 0.6) is 0 Å². The van der Waals surface area contributed by atoms with Crippen LogP contribution in [0.25, 0.3) is 0 Å². The zero-order valence-corrected chi connectivity index (χ0v) is 9.32. The van der Waals surface area contributed by atoms with Crippen molar-refractivity contribution in [3.05, 3.63) is 28.0 Å². The van der Waals surface area contributed by atoms with Gasteiger partial charge >= 0.3 is 0 Å². The summed E-state index contributed by atoms with van der Waals surface area (Å²) in [7, 11) is 0. The van der Waals surface area contributed by atoms with E-state index in [-0.39, 0.29) is 27.2 Å². The number of aliphatic hydroxyl groups excluding tert-OH is 1. The van der Waals surface area contributed by atoms with Crippen LogP contribution in [0.3, 0.4) is 0 Å². The highest BCUT2D eigenvalue weighted by molar-refractivity contribution is 9.08. The molecule has 0 unspecified atom stereocenters. The van der Waals surface area contributed by atoms with Crippen molar-refractivity contribution >= 4 is 27.5 Å². The summed E-state index contributed by atoms with van der Waals surface area (Å²) in [6.07, 6.45) is -1.50. The number of nitrogens with zero attached hydrogens (tertiary/aromatic N) is 1. The minimum absolute atomic E-state index is 0.0365. The van der Waals surface area contributed by atoms with Crippen LogP contribution in [0.4, 0.5) is 8.78 Å². The zero-order chi connectivity index (χ0) is 10.7. The molecule has 14 heavy (non-hydrogen) atoms. The molecule has 0 spiro atoms. The van der Waals surface area contributed by atoms with E-state index in [0.29, 0.717) is 0 Å². The number of alkyl halides is 3. The van der Waals surface area contributed by atoms with Crippen LogP contribution in [0, 0.1) is 0 Å². The third kappa shape index (κ3) is 2.21. The van der Waals surface area contributed by atoms with Crippen molar-refractivity contribution in [3.8, 4) is 0 Å². The Labute approximate surface area is 93.0 Å². The maximum atomic E-state index is 12.6. The topological polar surface area (TPSA) is 33.1 Å². The van der Waals surface area contributed by atoms with Crippen LogP contribution in [0.15, 0.2) is 6.20 Å². The van der Waals surface area contributed by atoms with E-state index in [4.69, 9.17) is 16.7 Å². The first-order chi connectivity index (χ1) is 6.61. The van der Waals surface area contributed by atoms with Crippen molar-refractivity contribution in [1.82, 2.24) is 4.98 Å². The minimum atomic E-state index is -2.66. The van der Waals surface area contributed by atoms with Crippen molar-refractivity contribution in [3.63, 3.8) is 0 Å². The molecule has 2 nitrogen and oxygen atoms in total. The Bertz CT molecular complexity index is 335. The van der Waals surface area contributed by atoms with E-state index in [1.165, 1.54) is 0 Å². The second kappa shape index (κ2) is 5.00. The van der Waals surface area contributed by atoms with Gasteiger partial charge in [-0.05, 0) is 0 Å². The van der Waals surface area contributed by atoms with Crippen LogP contribution in [0.1, 0.15) is 23.1 Å². The summed E-state index contributed by atoms with van der Waals surface area (Å²) in [5, 5.41) is 9.07. The number of hydrogen-bond acceptors (Lipinski definition) is 2. The lowest BCUT2D eigenvalue weighted by Gasteiger charge is -2.11. The number of hydrogen-bond donors (Lipinski definition) is 1. The average molecular weight is 287 g/mol. The number of aliphatic hydroxyl groups is 1. The van der Waals surface area contributed by atoms with E-state index in [1.54, 1.807) is 0 Å². The molecule has 6 heteroatoms. The lowest BCUT2D eigenvalue weighted by molar-refractivity contribution is 0.146. The van der Waals surface area contributed by atoms with Gasteiger partial charge in [-0.3, -0.25) is 0 Å². The van der Waals surface area contributed by atoms with E-state index in [0.717, 1.165) is 6.20 Å². The van der Waals surface area contributed by atoms with Crippen molar-refractivity contribution in [2.75, 3.05) is 0 Å². The van der Waals surface area contributed by atoms with Crippen LogP contribution < -0.4 is 0 Å². The van der Waals surface area contributed by atoms with Crippen molar-refractivity contribution in [1.29, 1.82) is 0 Å². The van der Waals surface area contributed by atoms with Gasteiger partial charge in [-0.2, -0.15) is 0 Å². The van der Waals surface area contributed by atoms with E-state index >= 15 is 0 Å². The molecule has 0 radical (unpaired) electrons.